The summed E-state index contributed by atoms with van der Waals surface area (Å²) in [4.78, 5) is 2.27. The molecule has 0 spiro atoms. The molecule has 0 saturated carbocycles. The van der Waals surface area contributed by atoms with E-state index in [-0.39, 0.29) is 0 Å². The van der Waals surface area contributed by atoms with Crippen molar-refractivity contribution in [3.05, 3.63) is 23.8 Å². The lowest BCUT2D eigenvalue weighted by Crippen LogP contribution is -2.34. The lowest BCUT2D eigenvalue weighted by molar-refractivity contribution is 0.204. The molecule has 1 aromatic rings. The monoisotopic (exact) mass is 222 g/mol. The molecule has 0 aliphatic heterocycles. The Morgan fingerprint density at radius 1 is 1.38 bits per heavy atom. The van der Waals surface area contributed by atoms with Crippen molar-refractivity contribution in [3.63, 3.8) is 0 Å². The molecule has 0 radical (unpaired) electrons. The molecule has 90 valence electrons. The van der Waals surface area contributed by atoms with Crippen LogP contribution in [0.5, 0.6) is 0 Å². The van der Waals surface area contributed by atoms with Gasteiger partial charge in [-0.25, -0.2) is 0 Å². The summed E-state index contributed by atoms with van der Waals surface area (Å²) >= 11 is 0. The molecule has 0 heterocycles. The minimum absolute atomic E-state index is 0.416. The molecular formula is C13H22N2O. The molecule has 0 atom stereocenters. The van der Waals surface area contributed by atoms with Crippen LogP contribution in [-0.2, 0) is 4.74 Å². The summed E-state index contributed by atoms with van der Waals surface area (Å²) in [5, 5.41) is 0. The van der Waals surface area contributed by atoms with Crippen LogP contribution in [0.3, 0.4) is 0 Å². The standard InChI is InChI=1S/C13H22N2O/c1-10(2)15(8-9-16-4)12-7-5-6-11(3)13(12)14/h5-7,10H,8-9,14H2,1-4H3. The maximum atomic E-state index is 6.11. The normalized spacial score (nSPS) is 10.8. The second-order valence-electron chi connectivity index (χ2n) is 4.29. The van der Waals surface area contributed by atoms with Gasteiger partial charge in [0.15, 0.2) is 0 Å². The van der Waals surface area contributed by atoms with E-state index in [9.17, 15) is 0 Å². The Kier molecular flexibility index (Phi) is 4.62. The zero-order chi connectivity index (χ0) is 12.1. The number of anilines is 2. The van der Waals surface area contributed by atoms with E-state index in [1.165, 1.54) is 0 Å². The number of nitrogens with zero attached hydrogens (tertiary/aromatic N) is 1. The van der Waals surface area contributed by atoms with Crippen molar-refractivity contribution in [2.24, 2.45) is 0 Å². The Bertz CT molecular complexity index is 337. The Morgan fingerprint density at radius 2 is 2.06 bits per heavy atom. The van der Waals surface area contributed by atoms with Crippen LogP contribution in [0.1, 0.15) is 19.4 Å². The fourth-order valence-electron chi connectivity index (χ4n) is 1.76. The van der Waals surface area contributed by atoms with Crippen LogP contribution in [0.2, 0.25) is 0 Å². The number of ether oxygens (including phenoxy) is 1. The van der Waals surface area contributed by atoms with Crippen molar-refractivity contribution in [1.29, 1.82) is 0 Å². The van der Waals surface area contributed by atoms with Crippen molar-refractivity contribution >= 4 is 11.4 Å². The van der Waals surface area contributed by atoms with Crippen LogP contribution in [0.4, 0.5) is 11.4 Å². The summed E-state index contributed by atoms with van der Waals surface area (Å²) < 4.78 is 5.13. The third-order valence-electron chi connectivity index (χ3n) is 2.77. The Balaban J connectivity index is 2.96. The van der Waals surface area contributed by atoms with Gasteiger partial charge in [-0.1, -0.05) is 12.1 Å². The number of hydrogen-bond donors (Lipinski definition) is 1. The average molecular weight is 222 g/mol. The van der Waals surface area contributed by atoms with Gasteiger partial charge in [0.25, 0.3) is 0 Å². The number of benzene rings is 1. The number of aryl methyl sites for hydroxylation is 1. The molecule has 0 aromatic heterocycles. The third kappa shape index (κ3) is 2.89. The molecule has 0 bridgehead atoms. The Labute approximate surface area is 98.2 Å². The summed E-state index contributed by atoms with van der Waals surface area (Å²) in [6, 6.07) is 6.56. The number of nitrogens with two attached hydrogens (primary N) is 1. The second kappa shape index (κ2) is 5.75. The highest BCUT2D eigenvalue weighted by atomic mass is 16.5. The summed E-state index contributed by atoms with van der Waals surface area (Å²) in [5.74, 6) is 0. The molecule has 16 heavy (non-hydrogen) atoms. The first kappa shape index (κ1) is 12.8. The lowest BCUT2D eigenvalue weighted by atomic mass is 10.1. The van der Waals surface area contributed by atoms with Crippen molar-refractivity contribution in [2.75, 3.05) is 30.9 Å². The van der Waals surface area contributed by atoms with Gasteiger partial charge in [0, 0.05) is 19.7 Å². The minimum atomic E-state index is 0.416. The smallest absolute Gasteiger partial charge is 0.0637 e. The van der Waals surface area contributed by atoms with E-state index >= 15 is 0 Å². The zero-order valence-corrected chi connectivity index (χ0v) is 10.7. The van der Waals surface area contributed by atoms with E-state index < -0.39 is 0 Å². The first-order valence-electron chi connectivity index (χ1n) is 5.68. The molecule has 0 aliphatic carbocycles. The van der Waals surface area contributed by atoms with Gasteiger partial charge in [0.1, 0.15) is 0 Å². The van der Waals surface area contributed by atoms with Crippen molar-refractivity contribution in [1.82, 2.24) is 0 Å². The average Bonchev–Trinajstić information content (AvgIpc) is 2.24. The van der Waals surface area contributed by atoms with Crippen LogP contribution >= 0.6 is 0 Å². The van der Waals surface area contributed by atoms with Gasteiger partial charge in [-0.2, -0.15) is 0 Å². The van der Waals surface area contributed by atoms with Gasteiger partial charge >= 0.3 is 0 Å². The summed E-state index contributed by atoms with van der Waals surface area (Å²) in [6.45, 7) is 7.94. The van der Waals surface area contributed by atoms with E-state index in [2.05, 4.69) is 24.8 Å². The van der Waals surface area contributed by atoms with Crippen molar-refractivity contribution in [2.45, 2.75) is 26.8 Å². The summed E-state index contributed by atoms with van der Waals surface area (Å²) in [7, 11) is 1.72. The predicted molar refractivity (Wildman–Crippen MR) is 69.9 cm³/mol. The number of rotatable bonds is 5. The fraction of sp³-hybridized carbons (Fsp3) is 0.538. The van der Waals surface area contributed by atoms with Crippen LogP contribution in [0.15, 0.2) is 18.2 Å². The third-order valence-corrected chi connectivity index (χ3v) is 2.77. The van der Waals surface area contributed by atoms with Crippen LogP contribution in [0.25, 0.3) is 0 Å². The van der Waals surface area contributed by atoms with Crippen molar-refractivity contribution < 1.29 is 4.74 Å². The molecule has 0 amide bonds. The van der Waals surface area contributed by atoms with Crippen LogP contribution < -0.4 is 10.6 Å². The van der Waals surface area contributed by atoms with Crippen LogP contribution in [-0.4, -0.2) is 26.3 Å². The largest absolute Gasteiger partial charge is 0.397 e. The topological polar surface area (TPSA) is 38.5 Å². The fourth-order valence-corrected chi connectivity index (χ4v) is 1.76. The minimum Gasteiger partial charge on any atom is -0.397 e. The molecule has 0 unspecified atom stereocenters. The summed E-state index contributed by atoms with van der Waals surface area (Å²) in [5.41, 5.74) is 9.21. The highest BCUT2D eigenvalue weighted by Gasteiger charge is 2.13. The predicted octanol–water partition coefficient (Wildman–Crippen LogP) is 2.44. The summed E-state index contributed by atoms with van der Waals surface area (Å²) in [6.07, 6.45) is 0. The molecule has 0 saturated heterocycles. The molecule has 0 fully saturated rings. The molecular weight excluding hydrogens is 200 g/mol. The first-order chi connectivity index (χ1) is 7.57. The maximum Gasteiger partial charge on any atom is 0.0637 e. The number of para-hydroxylation sites is 1. The maximum absolute atomic E-state index is 6.11. The van der Waals surface area contributed by atoms with E-state index in [1.807, 2.05) is 19.1 Å². The van der Waals surface area contributed by atoms with Gasteiger partial charge in [-0.05, 0) is 32.4 Å². The van der Waals surface area contributed by atoms with E-state index in [1.54, 1.807) is 7.11 Å². The number of methoxy groups -OCH3 is 1. The SMILES string of the molecule is COCCN(c1cccc(C)c1N)C(C)C. The van der Waals surface area contributed by atoms with E-state index in [0.717, 1.165) is 23.5 Å². The molecule has 3 nitrogen and oxygen atoms in total. The second-order valence-corrected chi connectivity index (χ2v) is 4.29. The van der Waals surface area contributed by atoms with Gasteiger partial charge < -0.3 is 15.4 Å². The highest BCUT2D eigenvalue weighted by molar-refractivity contribution is 5.71. The van der Waals surface area contributed by atoms with Crippen molar-refractivity contribution in [3.8, 4) is 0 Å². The van der Waals surface area contributed by atoms with Gasteiger partial charge in [0.05, 0.1) is 18.0 Å². The zero-order valence-electron chi connectivity index (χ0n) is 10.7. The number of nitrogen functional groups attached to an aromatic ring is 1. The van der Waals surface area contributed by atoms with E-state index in [0.29, 0.717) is 12.6 Å². The molecule has 1 aromatic carbocycles. The molecule has 3 heteroatoms. The molecule has 2 N–H and O–H groups in total. The van der Waals surface area contributed by atoms with Gasteiger partial charge in [0.2, 0.25) is 0 Å². The lowest BCUT2D eigenvalue weighted by Gasteiger charge is -2.30. The van der Waals surface area contributed by atoms with E-state index in [4.69, 9.17) is 10.5 Å². The highest BCUT2D eigenvalue weighted by Crippen LogP contribution is 2.27. The Hall–Kier alpha value is -1.22. The van der Waals surface area contributed by atoms with Gasteiger partial charge in [-0.15, -0.1) is 0 Å². The molecule has 0 aliphatic rings. The molecule has 1 rings (SSSR count). The quantitative estimate of drug-likeness (QED) is 0.778. The first-order valence-corrected chi connectivity index (χ1v) is 5.68. The number of hydrogen-bond acceptors (Lipinski definition) is 3. The Morgan fingerprint density at radius 3 is 2.62 bits per heavy atom. The van der Waals surface area contributed by atoms with Crippen LogP contribution in [0, 0.1) is 6.92 Å². The van der Waals surface area contributed by atoms with Gasteiger partial charge in [-0.3, -0.25) is 0 Å².